The van der Waals surface area contributed by atoms with Gasteiger partial charge >= 0.3 is 0 Å². The first-order valence-electron chi connectivity index (χ1n) is 8.28. The van der Waals surface area contributed by atoms with Gasteiger partial charge in [0.15, 0.2) is 0 Å². The first-order chi connectivity index (χ1) is 11.8. The first-order valence-corrected chi connectivity index (χ1v) is 8.28. The molecule has 0 radical (unpaired) electrons. The summed E-state index contributed by atoms with van der Waals surface area (Å²) in [5.74, 6) is 0.480. The predicted octanol–water partition coefficient (Wildman–Crippen LogP) is 3.13. The van der Waals surface area contributed by atoms with Crippen molar-refractivity contribution in [1.29, 1.82) is 0 Å². The van der Waals surface area contributed by atoms with Gasteiger partial charge < -0.3 is 10.1 Å². The van der Waals surface area contributed by atoms with Crippen LogP contribution < -0.4 is 10.1 Å². The lowest BCUT2D eigenvalue weighted by Crippen LogP contribution is -2.20. The van der Waals surface area contributed by atoms with E-state index in [1.54, 1.807) is 18.5 Å². The zero-order chi connectivity index (χ0) is 16.6. The molecule has 0 saturated heterocycles. The van der Waals surface area contributed by atoms with Crippen molar-refractivity contribution in [1.82, 2.24) is 15.3 Å². The molecule has 2 aromatic heterocycles. The molecule has 0 unspecified atom stereocenters. The molecular weight excluding hydrogens is 302 g/mol. The highest BCUT2D eigenvalue weighted by atomic mass is 16.5. The molecule has 24 heavy (non-hydrogen) atoms. The summed E-state index contributed by atoms with van der Waals surface area (Å²) in [5, 5.41) is 2.85. The summed E-state index contributed by atoms with van der Waals surface area (Å²) < 4.78 is 5.88. The molecule has 124 valence electrons. The standard InChI is InChI=1S/C19H21N3O2/c23-18(9-8-16-5-3-4-11-20-16)22-14-15-10-12-21-19(13-15)24-17-6-1-2-7-17/h3-5,8-13,17H,1-2,6-7,14H2,(H,22,23). The number of hydrogen-bond acceptors (Lipinski definition) is 4. The van der Waals surface area contributed by atoms with E-state index in [-0.39, 0.29) is 12.0 Å². The Labute approximate surface area is 141 Å². The highest BCUT2D eigenvalue weighted by molar-refractivity contribution is 5.91. The minimum Gasteiger partial charge on any atom is -0.474 e. The molecule has 1 aliphatic carbocycles. The predicted molar refractivity (Wildman–Crippen MR) is 92.2 cm³/mol. The Hall–Kier alpha value is -2.69. The highest BCUT2D eigenvalue weighted by Gasteiger charge is 2.16. The summed E-state index contributed by atoms with van der Waals surface area (Å²) in [5.41, 5.74) is 1.72. The maximum absolute atomic E-state index is 11.9. The second-order valence-electron chi connectivity index (χ2n) is 5.83. The fraction of sp³-hybridized carbons (Fsp3) is 0.316. The lowest BCUT2D eigenvalue weighted by molar-refractivity contribution is -0.116. The number of nitrogens with one attached hydrogen (secondary N) is 1. The van der Waals surface area contributed by atoms with E-state index in [2.05, 4.69) is 15.3 Å². The van der Waals surface area contributed by atoms with E-state index < -0.39 is 0 Å². The molecule has 0 aliphatic heterocycles. The Morgan fingerprint density at radius 3 is 2.88 bits per heavy atom. The first kappa shape index (κ1) is 16.2. The van der Waals surface area contributed by atoms with Crippen molar-refractivity contribution < 1.29 is 9.53 Å². The zero-order valence-electron chi connectivity index (χ0n) is 13.5. The smallest absolute Gasteiger partial charge is 0.244 e. The van der Waals surface area contributed by atoms with Crippen LogP contribution in [0.1, 0.15) is 36.9 Å². The van der Waals surface area contributed by atoms with E-state index in [0.29, 0.717) is 12.4 Å². The molecule has 1 aliphatic rings. The van der Waals surface area contributed by atoms with Gasteiger partial charge in [-0.05, 0) is 55.5 Å². The van der Waals surface area contributed by atoms with Crippen molar-refractivity contribution >= 4 is 12.0 Å². The van der Waals surface area contributed by atoms with Gasteiger partial charge in [-0.3, -0.25) is 9.78 Å². The molecule has 5 heteroatoms. The van der Waals surface area contributed by atoms with Gasteiger partial charge in [0.2, 0.25) is 11.8 Å². The molecule has 1 amide bonds. The minimum absolute atomic E-state index is 0.157. The van der Waals surface area contributed by atoms with Crippen molar-refractivity contribution in [2.45, 2.75) is 38.3 Å². The average Bonchev–Trinajstić information content (AvgIpc) is 3.12. The number of hydrogen-bond donors (Lipinski definition) is 1. The summed E-state index contributed by atoms with van der Waals surface area (Å²) >= 11 is 0. The Bertz CT molecular complexity index is 695. The van der Waals surface area contributed by atoms with Crippen LogP contribution in [0.5, 0.6) is 5.88 Å². The van der Waals surface area contributed by atoms with Gasteiger partial charge in [-0.1, -0.05) is 6.07 Å². The third-order valence-corrected chi connectivity index (χ3v) is 3.95. The molecule has 0 aromatic carbocycles. The van der Waals surface area contributed by atoms with Crippen LogP contribution in [0.2, 0.25) is 0 Å². The summed E-state index contributed by atoms with van der Waals surface area (Å²) in [7, 11) is 0. The molecular formula is C19H21N3O2. The molecule has 1 fully saturated rings. The third-order valence-electron chi connectivity index (χ3n) is 3.95. The van der Waals surface area contributed by atoms with Gasteiger partial charge in [0, 0.05) is 31.1 Å². The van der Waals surface area contributed by atoms with Crippen LogP contribution >= 0.6 is 0 Å². The van der Waals surface area contributed by atoms with Crippen molar-refractivity contribution in [3.8, 4) is 5.88 Å². The normalized spacial score (nSPS) is 14.8. The fourth-order valence-electron chi connectivity index (χ4n) is 2.69. The van der Waals surface area contributed by atoms with E-state index in [0.717, 1.165) is 24.1 Å². The van der Waals surface area contributed by atoms with E-state index in [4.69, 9.17) is 4.74 Å². The summed E-state index contributed by atoms with van der Waals surface area (Å²) in [6, 6.07) is 9.34. The number of carbonyl (C=O) groups excluding carboxylic acids is 1. The SMILES string of the molecule is O=C(C=Cc1ccccn1)NCc1ccnc(OC2CCCC2)c1. The molecule has 0 spiro atoms. The van der Waals surface area contributed by atoms with Gasteiger partial charge in [-0.15, -0.1) is 0 Å². The lowest BCUT2D eigenvalue weighted by atomic mass is 10.2. The van der Waals surface area contributed by atoms with Crippen molar-refractivity contribution in [3.05, 3.63) is 60.1 Å². The fourth-order valence-corrected chi connectivity index (χ4v) is 2.69. The van der Waals surface area contributed by atoms with E-state index in [1.807, 2.05) is 30.3 Å². The van der Waals surface area contributed by atoms with Crippen molar-refractivity contribution in [2.24, 2.45) is 0 Å². The van der Waals surface area contributed by atoms with E-state index in [1.165, 1.54) is 18.9 Å². The number of ether oxygens (including phenoxy) is 1. The average molecular weight is 323 g/mol. The zero-order valence-corrected chi connectivity index (χ0v) is 13.5. The van der Waals surface area contributed by atoms with Crippen LogP contribution in [0.25, 0.3) is 6.08 Å². The van der Waals surface area contributed by atoms with Gasteiger partial charge in [-0.25, -0.2) is 4.98 Å². The lowest BCUT2D eigenvalue weighted by Gasteiger charge is -2.12. The third kappa shape index (κ3) is 4.91. The van der Waals surface area contributed by atoms with Crippen LogP contribution in [-0.2, 0) is 11.3 Å². The molecule has 0 atom stereocenters. The molecule has 2 aromatic rings. The number of rotatable bonds is 6. The molecule has 3 rings (SSSR count). The second kappa shape index (κ2) is 8.24. The topological polar surface area (TPSA) is 64.1 Å². The number of amides is 1. The Morgan fingerprint density at radius 2 is 2.08 bits per heavy atom. The van der Waals surface area contributed by atoms with Gasteiger partial charge in [-0.2, -0.15) is 0 Å². The van der Waals surface area contributed by atoms with Gasteiger partial charge in [0.1, 0.15) is 6.10 Å². The number of aromatic nitrogens is 2. The van der Waals surface area contributed by atoms with Crippen LogP contribution in [0.4, 0.5) is 0 Å². The Kier molecular flexibility index (Phi) is 5.56. The quantitative estimate of drug-likeness (QED) is 0.830. The summed E-state index contributed by atoms with van der Waals surface area (Å²) in [6.45, 7) is 0.439. The highest BCUT2D eigenvalue weighted by Crippen LogP contribution is 2.23. The minimum atomic E-state index is -0.157. The molecule has 1 saturated carbocycles. The molecule has 5 nitrogen and oxygen atoms in total. The number of carbonyl (C=O) groups is 1. The monoisotopic (exact) mass is 323 g/mol. The summed E-state index contributed by atoms with van der Waals surface area (Å²) in [4.78, 5) is 20.3. The van der Waals surface area contributed by atoms with Crippen LogP contribution in [0.15, 0.2) is 48.8 Å². The van der Waals surface area contributed by atoms with Crippen molar-refractivity contribution in [3.63, 3.8) is 0 Å². The number of pyridine rings is 2. The maximum Gasteiger partial charge on any atom is 0.244 e. The van der Waals surface area contributed by atoms with Crippen LogP contribution in [-0.4, -0.2) is 22.0 Å². The molecule has 2 heterocycles. The van der Waals surface area contributed by atoms with E-state index >= 15 is 0 Å². The van der Waals surface area contributed by atoms with Crippen LogP contribution in [0.3, 0.4) is 0 Å². The Balaban J connectivity index is 1.50. The largest absolute Gasteiger partial charge is 0.474 e. The van der Waals surface area contributed by atoms with Crippen molar-refractivity contribution in [2.75, 3.05) is 0 Å². The Morgan fingerprint density at radius 1 is 1.21 bits per heavy atom. The van der Waals surface area contributed by atoms with E-state index in [9.17, 15) is 4.79 Å². The number of nitrogens with zero attached hydrogens (tertiary/aromatic N) is 2. The molecule has 1 N–H and O–H groups in total. The summed E-state index contributed by atoms with van der Waals surface area (Å²) in [6.07, 6.45) is 11.5. The maximum atomic E-state index is 11.9. The van der Waals surface area contributed by atoms with Gasteiger partial charge in [0.25, 0.3) is 0 Å². The van der Waals surface area contributed by atoms with Crippen LogP contribution in [0, 0.1) is 0 Å². The second-order valence-corrected chi connectivity index (χ2v) is 5.83. The molecule has 0 bridgehead atoms. The van der Waals surface area contributed by atoms with Gasteiger partial charge in [0.05, 0.1) is 5.69 Å².